The summed E-state index contributed by atoms with van der Waals surface area (Å²) in [6.07, 6.45) is 6.69. The standard InChI is InChI=1S/C25H30N2OS2/c1-3-5-10-20-14-15-22-23(18-20)30-25(27(22)16-4-2)26-24(28)13-9-17-29-19-21-11-7-6-8-12-21/h4,6-8,11-12,14-15,18H,2-3,5,9-10,13,16-17,19H2,1H3. The summed E-state index contributed by atoms with van der Waals surface area (Å²) in [6.45, 7) is 6.74. The lowest BCUT2D eigenvalue weighted by atomic mass is 10.1. The molecular weight excluding hydrogens is 408 g/mol. The van der Waals surface area contributed by atoms with Crippen LogP contribution in [0, 0.1) is 0 Å². The van der Waals surface area contributed by atoms with E-state index >= 15 is 0 Å². The molecule has 3 rings (SSSR count). The van der Waals surface area contributed by atoms with Crippen molar-refractivity contribution < 1.29 is 4.79 Å². The molecule has 0 saturated heterocycles. The van der Waals surface area contributed by atoms with Gasteiger partial charge in [0.05, 0.1) is 10.2 Å². The fourth-order valence-electron chi connectivity index (χ4n) is 3.30. The molecule has 5 heteroatoms. The predicted molar refractivity (Wildman–Crippen MR) is 131 cm³/mol. The average Bonchev–Trinajstić information content (AvgIpc) is 3.09. The molecule has 0 fully saturated rings. The maximum absolute atomic E-state index is 12.5. The largest absolute Gasteiger partial charge is 0.313 e. The van der Waals surface area contributed by atoms with Gasteiger partial charge in [-0.05, 0) is 48.3 Å². The first kappa shape index (κ1) is 22.6. The molecule has 3 aromatic rings. The number of thiazole rings is 1. The van der Waals surface area contributed by atoms with Gasteiger partial charge in [-0.1, -0.05) is 67.2 Å². The van der Waals surface area contributed by atoms with Gasteiger partial charge in [0.2, 0.25) is 5.91 Å². The Morgan fingerprint density at radius 1 is 1.17 bits per heavy atom. The van der Waals surface area contributed by atoms with Gasteiger partial charge in [0.15, 0.2) is 4.80 Å². The zero-order valence-electron chi connectivity index (χ0n) is 17.7. The van der Waals surface area contributed by atoms with Gasteiger partial charge >= 0.3 is 0 Å². The molecule has 30 heavy (non-hydrogen) atoms. The van der Waals surface area contributed by atoms with Gasteiger partial charge in [-0.25, -0.2) is 0 Å². The van der Waals surface area contributed by atoms with E-state index < -0.39 is 0 Å². The number of allylic oxidation sites excluding steroid dienone is 1. The monoisotopic (exact) mass is 438 g/mol. The van der Waals surface area contributed by atoms with Crippen molar-refractivity contribution in [3.8, 4) is 0 Å². The molecule has 0 radical (unpaired) electrons. The number of amides is 1. The van der Waals surface area contributed by atoms with Crippen molar-refractivity contribution in [2.75, 3.05) is 5.75 Å². The van der Waals surface area contributed by atoms with E-state index in [0.29, 0.717) is 13.0 Å². The first-order valence-corrected chi connectivity index (χ1v) is 12.6. The summed E-state index contributed by atoms with van der Waals surface area (Å²) < 4.78 is 3.29. The van der Waals surface area contributed by atoms with Crippen LogP contribution in [0.2, 0.25) is 0 Å². The van der Waals surface area contributed by atoms with Crippen molar-refractivity contribution in [3.63, 3.8) is 0 Å². The van der Waals surface area contributed by atoms with E-state index in [2.05, 4.69) is 65.5 Å². The second kappa shape index (κ2) is 11.9. The molecule has 2 aromatic carbocycles. The van der Waals surface area contributed by atoms with E-state index in [1.807, 2.05) is 23.9 Å². The smallest absolute Gasteiger partial charge is 0.248 e. The number of aryl methyl sites for hydroxylation is 1. The van der Waals surface area contributed by atoms with Crippen LogP contribution >= 0.6 is 23.1 Å². The Kier molecular flexibility index (Phi) is 8.97. The zero-order chi connectivity index (χ0) is 21.2. The van der Waals surface area contributed by atoms with Gasteiger partial charge in [-0.3, -0.25) is 4.79 Å². The molecule has 1 aromatic heterocycles. The molecule has 0 aliphatic rings. The summed E-state index contributed by atoms with van der Waals surface area (Å²) in [4.78, 5) is 17.7. The lowest BCUT2D eigenvalue weighted by Crippen LogP contribution is -2.16. The normalized spacial score (nSPS) is 11.8. The van der Waals surface area contributed by atoms with E-state index in [0.717, 1.165) is 34.7 Å². The van der Waals surface area contributed by atoms with Crippen LogP contribution in [-0.4, -0.2) is 16.2 Å². The summed E-state index contributed by atoms with van der Waals surface area (Å²) in [5.41, 5.74) is 3.81. The zero-order valence-corrected chi connectivity index (χ0v) is 19.3. The molecule has 0 aliphatic heterocycles. The lowest BCUT2D eigenvalue weighted by molar-refractivity contribution is -0.118. The van der Waals surface area contributed by atoms with Crippen LogP contribution < -0.4 is 4.80 Å². The number of hydrogen-bond acceptors (Lipinski definition) is 3. The number of fused-ring (bicyclic) bond motifs is 1. The molecule has 0 spiro atoms. The quantitative estimate of drug-likeness (QED) is 0.257. The summed E-state index contributed by atoms with van der Waals surface area (Å²) in [6, 6.07) is 17.0. The summed E-state index contributed by atoms with van der Waals surface area (Å²) in [7, 11) is 0. The van der Waals surface area contributed by atoms with Gasteiger partial charge in [-0.2, -0.15) is 16.8 Å². The molecule has 0 saturated carbocycles. The Morgan fingerprint density at radius 3 is 2.77 bits per heavy atom. The fourth-order valence-corrected chi connectivity index (χ4v) is 5.34. The van der Waals surface area contributed by atoms with Gasteiger partial charge in [-0.15, -0.1) is 6.58 Å². The molecule has 0 aliphatic carbocycles. The maximum atomic E-state index is 12.5. The van der Waals surface area contributed by atoms with Crippen molar-refractivity contribution in [2.45, 2.75) is 51.3 Å². The first-order chi connectivity index (χ1) is 14.7. The van der Waals surface area contributed by atoms with Crippen LogP contribution in [0.15, 0.2) is 66.2 Å². The maximum Gasteiger partial charge on any atom is 0.248 e. The van der Waals surface area contributed by atoms with E-state index in [4.69, 9.17) is 0 Å². The SMILES string of the molecule is C=CCn1c(=NC(=O)CCCSCc2ccccc2)sc2cc(CCCC)ccc21. The number of unbranched alkanes of at least 4 members (excludes halogenated alkanes) is 1. The van der Waals surface area contributed by atoms with E-state index in [1.165, 1.54) is 28.7 Å². The van der Waals surface area contributed by atoms with Gasteiger partial charge in [0.1, 0.15) is 0 Å². The highest BCUT2D eigenvalue weighted by Gasteiger charge is 2.08. The number of aromatic nitrogens is 1. The second-order valence-electron chi connectivity index (χ2n) is 7.34. The molecule has 1 heterocycles. The van der Waals surface area contributed by atoms with Crippen molar-refractivity contribution in [1.29, 1.82) is 0 Å². The third-order valence-electron chi connectivity index (χ3n) is 4.89. The number of benzene rings is 2. The minimum absolute atomic E-state index is 0.0362. The fraction of sp³-hybridized carbons (Fsp3) is 0.360. The Labute approximate surface area is 187 Å². The van der Waals surface area contributed by atoms with Crippen LogP contribution in [0.1, 0.15) is 43.7 Å². The molecule has 3 nitrogen and oxygen atoms in total. The number of carbonyl (C=O) groups excluding carboxylic acids is 1. The Bertz CT molecular complexity index is 1030. The number of rotatable bonds is 11. The third-order valence-corrected chi connectivity index (χ3v) is 7.05. The highest BCUT2D eigenvalue weighted by molar-refractivity contribution is 7.98. The number of nitrogens with zero attached hydrogens (tertiary/aromatic N) is 2. The van der Waals surface area contributed by atoms with Crippen molar-refractivity contribution >= 4 is 39.2 Å². The molecule has 0 unspecified atom stereocenters. The van der Waals surface area contributed by atoms with E-state index in [1.54, 1.807) is 11.3 Å². The Balaban J connectivity index is 1.63. The first-order valence-electron chi connectivity index (χ1n) is 10.6. The van der Waals surface area contributed by atoms with Crippen LogP contribution in [0.25, 0.3) is 10.2 Å². The molecule has 158 valence electrons. The Hall–Kier alpha value is -2.11. The van der Waals surface area contributed by atoms with Gasteiger partial charge in [0, 0.05) is 18.7 Å². The Morgan fingerprint density at radius 2 is 2.00 bits per heavy atom. The van der Waals surface area contributed by atoms with Gasteiger partial charge < -0.3 is 4.57 Å². The van der Waals surface area contributed by atoms with Crippen LogP contribution in [0.5, 0.6) is 0 Å². The number of carbonyl (C=O) groups is 1. The molecule has 0 bridgehead atoms. The topological polar surface area (TPSA) is 34.4 Å². The van der Waals surface area contributed by atoms with Crippen molar-refractivity contribution in [2.24, 2.45) is 4.99 Å². The molecule has 0 atom stereocenters. The highest BCUT2D eigenvalue weighted by atomic mass is 32.2. The van der Waals surface area contributed by atoms with Crippen LogP contribution in [0.3, 0.4) is 0 Å². The van der Waals surface area contributed by atoms with Crippen molar-refractivity contribution in [1.82, 2.24) is 4.57 Å². The number of thioether (sulfide) groups is 1. The third kappa shape index (κ3) is 6.44. The second-order valence-corrected chi connectivity index (χ2v) is 9.45. The molecule has 0 N–H and O–H groups in total. The van der Waals surface area contributed by atoms with E-state index in [9.17, 15) is 4.79 Å². The average molecular weight is 439 g/mol. The predicted octanol–water partition coefficient (Wildman–Crippen LogP) is 6.37. The molecule has 1 amide bonds. The summed E-state index contributed by atoms with van der Waals surface area (Å²) >= 11 is 3.47. The van der Waals surface area contributed by atoms with E-state index in [-0.39, 0.29) is 5.91 Å². The minimum atomic E-state index is -0.0362. The van der Waals surface area contributed by atoms with Crippen LogP contribution in [-0.2, 0) is 23.5 Å². The summed E-state index contributed by atoms with van der Waals surface area (Å²) in [5.74, 6) is 1.92. The van der Waals surface area contributed by atoms with Crippen LogP contribution in [0.4, 0.5) is 0 Å². The lowest BCUT2D eigenvalue weighted by Gasteiger charge is -2.03. The van der Waals surface area contributed by atoms with Crippen molar-refractivity contribution in [3.05, 3.63) is 77.1 Å². The van der Waals surface area contributed by atoms with Gasteiger partial charge in [0.25, 0.3) is 0 Å². The summed E-state index contributed by atoms with van der Waals surface area (Å²) in [5, 5.41) is 0. The minimum Gasteiger partial charge on any atom is -0.313 e. The highest BCUT2D eigenvalue weighted by Crippen LogP contribution is 2.21. The number of hydrogen-bond donors (Lipinski definition) is 0. The molecular formula is C25H30N2OS2.